The van der Waals surface area contributed by atoms with Crippen LogP contribution in [-0.4, -0.2) is 51.0 Å². The predicted molar refractivity (Wildman–Crippen MR) is 112 cm³/mol. The van der Waals surface area contributed by atoms with Crippen LogP contribution in [0.3, 0.4) is 0 Å². The van der Waals surface area contributed by atoms with Gasteiger partial charge >= 0.3 is 0 Å². The highest BCUT2D eigenvalue weighted by molar-refractivity contribution is 7.99. The van der Waals surface area contributed by atoms with Gasteiger partial charge in [-0.25, -0.2) is 19.0 Å². The van der Waals surface area contributed by atoms with E-state index in [2.05, 4.69) is 27.2 Å². The van der Waals surface area contributed by atoms with Crippen molar-refractivity contribution in [3.05, 3.63) is 41.8 Å². The van der Waals surface area contributed by atoms with Crippen LogP contribution < -0.4 is 10.2 Å². The second-order valence-corrected chi connectivity index (χ2v) is 8.06. The van der Waals surface area contributed by atoms with Gasteiger partial charge in [-0.05, 0) is 36.8 Å². The first-order valence-electron chi connectivity index (χ1n) is 9.81. The minimum Gasteiger partial charge on any atom is -0.356 e. The van der Waals surface area contributed by atoms with Gasteiger partial charge in [-0.2, -0.15) is 5.10 Å². The van der Waals surface area contributed by atoms with E-state index < -0.39 is 5.82 Å². The SMILES string of the molecule is CCSc1nc(N2CCCC2)c2cnn(CCNC(=O)c3cccc(F)c3)c2n1. The molecule has 1 amide bonds. The number of carbonyl (C=O) groups is 1. The zero-order valence-electron chi connectivity index (χ0n) is 16.3. The number of amides is 1. The molecule has 0 unspecified atom stereocenters. The largest absolute Gasteiger partial charge is 0.356 e. The zero-order valence-corrected chi connectivity index (χ0v) is 17.1. The third kappa shape index (κ3) is 4.34. The smallest absolute Gasteiger partial charge is 0.251 e. The Kier molecular flexibility index (Phi) is 5.94. The van der Waals surface area contributed by atoms with Crippen LogP contribution in [0.1, 0.15) is 30.1 Å². The summed E-state index contributed by atoms with van der Waals surface area (Å²) in [4.78, 5) is 24.0. The second-order valence-electron chi connectivity index (χ2n) is 6.83. The van der Waals surface area contributed by atoms with E-state index in [1.165, 1.54) is 31.0 Å². The standard InChI is InChI=1S/C20H23FN6OS/c1-2-29-20-24-17(26-9-3-4-10-26)16-13-23-27(18(16)25-20)11-8-22-19(28)14-6-5-7-15(21)12-14/h5-7,12-13H,2-4,8-11H2,1H3,(H,22,28). The van der Waals surface area contributed by atoms with Crippen LogP contribution in [0.4, 0.5) is 10.2 Å². The van der Waals surface area contributed by atoms with Gasteiger partial charge in [0.05, 0.1) is 18.1 Å². The Bertz CT molecular complexity index is 1020. The quantitative estimate of drug-likeness (QED) is 0.473. The fourth-order valence-corrected chi connectivity index (χ4v) is 4.02. The Morgan fingerprint density at radius 2 is 2.10 bits per heavy atom. The molecular weight excluding hydrogens is 391 g/mol. The van der Waals surface area contributed by atoms with E-state index in [0.717, 1.165) is 40.9 Å². The first kappa shape index (κ1) is 19.6. The summed E-state index contributed by atoms with van der Waals surface area (Å²) in [5.41, 5.74) is 1.08. The molecule has 1 aromatic carbocycles. The van der Waals surface area contributed by atoms with Crippen LogP contribution in [0.2, 0.25) is 0 Å². The number of carbonyl (C=O) groups excluding carboxylic acids is 1. The molecule has 0 saturated carbocycles. The number of halogens is 1. The van der Waals surface area contributed by atoms with E-state index >= 15 is 0 Å². The Balaban J connectivity index is 1.52. The lowest BCUT2D eigenvalue weighted by Gasteiger charge is -2.17. The van der Waals surface area contributed by atoms with Gasteiger partial charge in [0.15, 0.2) is 10.8 Å². The van der Waals surface area contributed by atoms with E-state index in [1.807, 2.05) is 0 Å². The number of benzene rings is 1. The summed E-state index contributed by atoms with van der Waals surface area (Å²) in [5, 5.41) is 8.97. The highest BCUT2D eigenvalue weighted by Crippen LogP contribution is 2.29. The number of rotatable bonds is 7. The molecule has 29 heavy (non-hydrogen) atoms. The van der Waals surface area contributed by atoms with Crippen LogP contribution in [-0.2, 0) is 6.54 Å². The van der Waals surface area contributed by atoms with Crippen molar-refractivity contribution in [2.45, 2.75) is 31.5 Å². The molecule has 3 aromatic rings. The molecule has 1 saturated heterocycles. The molecule has 9 heteroatoms. The molecule has 1 N–H and O–H groups in total. The molecule has 0 spiro atoms. The van der Waals surface area contributed by atoms with Crippen molar-refractivity contribution < 1.29 is 9.18 Å². The predicted octanol–water partition coefficient (Wildman–Crippen LogP) is 3.11. The lowest BCUT2D eigenvalue weighted by atomic mass is 10.2. The molecule has 152 valence electrons. The van der Waals surface area contributed by atoms with Crippen molar-refractivity contribution in [2.24, 2.45) is 0 Å². The van der Waals surface area contributed by atoms with Crippen LogP contribution in [0.5, 0.6) is 0 Å². The first-order chi connectivity index (χ1) is 14.2. The Morgan fingerprint density at radius 3 is 2.86 bits per heavy atom. The monoisotopic (exact) mass is 414 g/mol. The van der Waals surface area contributed by atoms with Crippen molar-refractivity contribution in [1.82, 2.24) is 25.1 Å². The molecule has 0 bridgehead atoms. The third-order valence-electron chi connectivity index (χ3n) is 4.83. The maximum Gasteiger partial charge on any atom is 0.251 e. The molecule has 1 aliphatic heterocycles. The number of thioether (sulfide) groups is 1. The minimum absolute atomic E-state index is 0.301. The zero-order chi connectivity index (χ0) is 20.2. The average molecular weight is 415 g/mol. The molecule has 0 atom stereocenters. The van der Waals surface area contributed by atoms with E-state index in [4.69, 9.17) is 4.98 Å². The van der Waals surface area contributed by atoms with Crippen molar-refractivity contribution >= 4 is 34.5 Å². The Hall–Kier alpha value is -2.68. The summed E-state index contributed by atoms with van der Waals surface area (Å²) >= 11 is 1.61. The lowest BCUT2D eigenvalue weighted by molar-refractivity contribution is 0.0951. The van der Waals surface area contributed by atoms with E-state index in [9.17, 15) is 9.18 Å². The summed E-state index contributed by atoms with van der Waals surface area (Å²) in [5.74, 6) is 1.10. The van der Waals surface area contributed by atoms with Crippen LogP contribution in [0.15, 0.2) is 35.6 Å². The van der Waals surface area contributed by atoms with E-state index in [-0.39, 0.29) is 5.91 Å². The number of fused-ring (bicyclic) bond motifs is 1. The van der Waals surface area contributed by atoms with Gasteiger partial charge in [0.1, 0.15) is 11.6 Å². The maximum atomic E-state index is 13.3. The molecule has 0 radical (unpaired) electrons. The topological polar surface area (TPSA) is 75.9 Å². The maximum absolute atomic E-state index is 13.3. The summed E-state index contributed by atoms with van der Waals surface area (Å²) < 4.78 is 15.1. The van der Waals surface area contributed by atoms with Gasteiger partial charge in [0.2, 0.25) is 0 Å². The lowest BCUT2D eigenvalue weighted by Crippen LogP contribution is -2.27. The second kappa shape index (κ2) is 8.77. The highest BCUT2D eigenvalue weighted by atomic mass is 32.2. The summed E-state index contributed by atoms with van der Waals surface area (Å²) in [6.45, 7) is 4.91. The number of aromatic nitrogens is 4. The molecule has 2 aromatic heterocycles. The number of hydrogen-bond acceptors (Lipinski definition) is 6. The summed E-state index contributed by atoms with van der Waals surface area (Å²) in [6.07, 6.45) is 4.14. The van der Waals surface area contributed by atoms with Gasteiger partial charge in [-0.15, -0.1) is 0 Å². The Morgan fingerprint density at radius 1 is 1.28 bits per heavy atom. The summed E-state index contributed by atoms with van der Waals surface area (Å²) in [7, 11) is 0. The highest BCUT2D eigenvalue weighted by Gasteiger charge is 2.20. The van der Waals surface area contributed by atoms with Gasteiger partial charge in [-0.1, -0.05) is 24.8 Å². The molecule has 1 aliphatic rings. The number of hydrogen-bond donors (Lipinski definition) is 1. The van der Waals surface area contributed by atoms with Gasteiger partial charge in [0, 0.05) is 25.2 Å². The average Bonchev–Trinajstić information content (AvgIpc) is 3.38. The molecular formula is C20H23FN6OS. The molecule has 3 heterocycles. The van der Waals surface area contributed by atoms with Crippen LogP contribution in [0, 0.1) is 5.82 Å². The molecule has 4 rings (SSSR count). The Labute approximate surface area is 172 Å². The van der Waals surface area contributed by atoms with Crippen molar-refractivity contribution in [3.63, 3.8) is 0 Å². The van der Waals surface area contributed by atoms with E-state index in [1.54, 1.807) is 28.7 Å². The number of nitrogens with one attached hydrogen (secondary N) is 1. The summed E-state index contributed by atoms with van der Waals surface area (Å²) in [6, 6.07) is 5.65. The number of anilines is 1. The van der Waals surface area contributed by atoms with Crippen LogP contribution >= 0.6 is 11.8 Å². The van der Waals surface area contributed by atoms with Crippen molar-refractivity contribution in [3.8, 4) is 0 Å². The normalized spacial score (nSPS) is 13.9. The third-order valence-corrected chi connectivity index (χ3v) is 5.56. The fourth-order valence-electron chi connectivity index (χ4n) is 3.46. The van der Waals surface area contributed by atoms with Gasteiger partial charge in [-0.3, -0.25) is 4.79 Å². The molecule has 1 fully saturated rings. The van der Waals surface area contributed by atoms with E-state index in [0.29, 0.717) is 18.7 Å². The molecule has 7 nitrogen and oxygen atoms in total. The first-order valence-corrected chi connectivity index (χ1v) is 10.8. The van der Waals surface area contributed by atoms with Gasteiger partial charge in [0.25, 0.3) is 5.91 Å². The van der Waals surface area contributed by atoms with Crippen molar-refractivity contribution in [2.75, 3.05) is 30.3 Å². The fraction of sp³-hybridized carbons (Fsp3) is 0.400. The van der Waals surface area contributed by atoms with Crippen LogP contribution in [0.25, 0.3) is 11.0 Å². The molecule has 0 aliphatic carbocycles. The van der Waals surface area contributed by atoms with Gasteiger partial charge < -0.3 is 10.2 Å². The van der Waals surface area contributed by atoms with Crippen molar-refractivity contribution in [1.29, 1.82) is 0 Å². The number of nitrogens with zero attached hydrogens (tertiary/aromatic N) is 5. The minimum atomic E-state index is -0.428.